The van der Waals surface area contributed by atoms with E-state index in [4.69, 9.17) is 20.9 Å². The molecule has 1 aliphatic rings. The van der Waals surface area contributed by atoms with Crippen molar-refractivity contribution in [3.63, 3.8) is 0 Å². The molecule has 0 unspecified atom stereocenters. The second-order valence-corrected chi connectivity index (χ2v) is 9.29. The predicted octanol–water partition coefficient (Wildman–Crippen LogP) is 3.93. The number of hydrogen-bond acceptors (Lipinski definition) is 7. The van der Waals surface area contributed by atoms with Crippen LogP contribution in [0, 0.1) is 0 Å². The molecule has 0 saturated heterocycles. The Bertz CT molecular complexity index is 1130. The number of benzene rings is 1. The number of sulfonamides is 1. The first kappa shape index (κ1) is 20.8. The summed E-state index contributed by atoms with van der Waals surface area (Å²) >= 11 is 6.05. The third kappa shape index (κ3) is 4.05. The van der Waals surface area contributed by atoms with Crippen molar-refractivity contribution in [3.8, 4) is 17.1 Å². The molecule has 10 heteroatoms. The molecule has 8 nitrogen and oxygen atoms in total. The molecule has 2 aromatic heterocycles. The molecule has 0 amide bonds. The molecule has 1 N–H and O–H groups in total. The van der Waals surface area contributed by atoms with E-state index < -0.39 is 15.6 Å². The molecular formula is C20H21ClN4O4S. The molecule has 1 saturated carbocycles. The lowest BCUT2D eigenvalue weighted by molar-refractivity contribution is 0.199. The Morgan fingerprint density at radius 1 is 1.13 bits per heavy atom. The highest BCUT2D eigenvalue weighted by Crippen LogP contribution is 2.39. The molecular weight excluding hydrogens is 428 g/mol. The Morgan fingerprint density at radius 3 is 2.57 bits per heavy atom. The van der Waals surface area contributed by atoms with E-state index >= 15 is 0 Å². The monoisotopic (exact) mass is 448 g/mol. The van der Waals surface area contributed by atoms with Crippen molar-refractivity contribution in [2.24, 2.45) is 0 Å². The Morgan fingerprint density at radius 2 is 1.87 bits per heavy atom. The molecule has 4 rings (SSSR count). The number of aromatic nitrogens is 3. The smallest absolute Gasteiger partial charge is 0.248 e. The number of methoxy groups -OCH3 is 1. The summed E-state index contributed by atoms with van der Waals surface area (Å²) in [7, 11) is -2.57. The summed E-state index contributed by atoms with van der Waals surface area (Å²) in [5.41, 5.74) is -0.256. The van der Waals surface area contributed by atoms with Crippen LogP contribution >= 0.6 is 11.6 Å². The van der Waals surface area contributed by atoms with Crippen LogP contribution in [0.5, 0.6) is 5.75 Å². The molecule has 30 heavy (non-hydrogen) atoms. The molecule has 0 aliphatic heterocycles. The van der Waals surface area contributed by atoms with Crippen molar-refractivity contribution in [1.29, 1.82) is 0 Å². The van der Waals surface area contributed by atoms with Crippen LogP contribution in [-0.2, 0) is 15.6 Å². The van der Waals surface area contributed by atoms with Gasteiger partial charge in [0.1, 0.15) is 16.2 Å². The van der Waals surface area contributed by atoms with Crippen LogP contribution in [0.4, 0.5) is 0 Å². The average molecular weight is 449 g/mol. The van der Waals surface area contributed by atoms with Crippen molar-refractivity contribution in [2.75, 3.05) is 7.11 Å². The van der Waals surface area contributed by atoms with Gasteiger partial charge in [-0.2, -0.15) is 9.71 Å². The van der Waals surface area contributed by atoms with Crippen molar-refractivity contribution in [1.82, 2.24) is 19.8 Å². The zero-order chi connectivity index (χ0) is 21.2. The van der Waals surface area contributed by atoms with Crippen molar-refractivity contribution in [3.05, 3.63) is 53.6 Å². The quantitative estimate of drug-likeness (QED) is 0.608. The third-order valence-electron chi connectivity index (χ3n) is 5.23. The van der Waals surface area contributed by atoms with Gasteiger partial charge in [0.05, 0.1) is 7.11 Å². The van der Waals surface area contributed by atoms with Crippen LogP contribution in [-0.4, -0.2) is 30.7 Å². The zero-order valence-electron chi connectivity index (χ0n) is 16.3. The summed E-state index contributed by atoms with van der Waals surface area (Å²) in [4.78, 5) is 8.48. The average Bonchev–Trinajstić information content (AvgIpc) is 3.26. The Hall–Kier alpha value is -2.49. The number of rotatable bonds is 6. The van der Waals surface area contributed by atoms with E-state index in [1.165, 1.54) is 19.2 Å². The highest BCUT2D eigenvalue weighted by atomic mass is 35.5. The van der Waals surface area contributed by atoms with E-state index in [1.807, 2.05) is 0 Å². The van der Waals surface area contributed by atoms with Crippen molar-refractivity contribution >= 4 is 21.6 Å². The first-order chi connectivity index (χ1) is 14.4. The SMILES string of the molecule is COc1ccc(Cl)cc1S(=O)(=O)NC1(c2nc(-c3ccncc3)no2)CCCCC1. The molecule has 1 aromatic carbocycles. The zero-order valence-corrected chi connectivity index (χ0v) is 17.9. The van der Waals surface area contributed by atoms with Gasteiger partial charge in [-0.3, -0.25) is 4.98 Å². The van der Waals surface area contributed by atoms with Gasteiger partial charge in [0.25, 0.3) is 0 Å². The van der Waals surface area contributed by atoms with E-state index in [2.05, 4.69) is 19.8 Å². The molecule has 0 bridgehead atoms. The van der Waals surface area contributed by atoms with Gasteiger partial charge in [0, 0.05) is 23.0 Å². The molecule has 1 fully saturated rings. The largest absolute Gasteiger partial charge is 0.495 e. The van der Waals surface area contributed by atoms with Crippen LogP contribution in [0.1, 0.15) is 38.0 Å². The van der Waals surface area contributed by atoms with Crippen LogP contribution in [0.15, 0.2) is 52.1 Å². The topological polar surface area (TPSA) is 107 Å². The fourth-order valence-electron chi connectivity index (χ4n) is 3.72. The number of pyridine rings is 1. The maximum atomic E-state index is 13.3. The fourth-order valence-corrected chi connectivity index (χ4v) is 5.57. The van der Waals surface area contributed by atoms with Crippen LogP contribution in [0.25, 0.3) is 11.4 Å². The lowest BCUT2D eigenvalue weighted by Gasteiger charge is -2.34. The van der Waals surface area contributed by atoms with E-state index in [-0.39, 0.29) is 16.5 Å². The molecule has 0 atom stereocenters. The molecule has 0 spiro atoms. The molecule has 158 valence electrons. The Kier molecular flexibility index (Phi) is 5.77. The summed E-state index contributed by atoms with van der Waals surface area (Å²) in [6.45, 7) is 0. The van der Waals surface area contributed by atoms with Crippen LogP contribution < -0.4 is 9.46 Å². The van der Waals surface area contributed by atoms with Gasteiger partial charge < -0.3 is 9.26 Å². The van der Waals surface area contributed by atoms with Gasteiger partial charge in [-0.25, -0.2) is 8.42 Å². The maximum absolute atomic E-state index is 13.3. The molecule has 1 aliphatic carbocycles. The number of halogens is 1. The standard InChI is InChI=1S/C20H21ClN4O4S/c1-28-16-6-5-15(21)13-17(16)30(26,27)25-20(9-3-2-4-10-20)19-23-18(24-29-19)14-7-11-22-12-8-14/h5-8,11-13,25H,2-4,9-10H2,1H3. The van der Waals surface area contributed by atoms with Gasteiger partial charge in [-0.1, -0.05) is 36.0 Å². The van der Waals surface area contributed by atoms with E-state index in [1.54, 1.807) is 30.6 Å². The molecule has 0 radical (unpaired) electrons. The van der Waals surface area contributed by atoms with Gasteiger partial charge in [0.2, 0.25) is 21.7 Å². The first-order valence-electron chi connectivity index (χ1n) is 9.56. The van der Waals surface area contributed by atoms with Crippen LogP contribution in [0.3, 0.4) is 0 Å². The van der Waals surface area contributed by atoms with Gasteiger partial charge in [0.15, 0.2) is 0 Å². The minimum absolute atomic E-state index is 0.0312. The first-order valence-corrected chi connectivity index (χ1v) is 11.4. The Labute approximate surface area is 179 Å². The fraction of sp³-hybridized carbons (Fsp3) is 0.350. The highest BCUT2D eigenvalue weighted by molar-refractivity contribution is 7.89. The summed E-state index contributed by atoms with van der Waals surface area (Å²) in [5, 5.41) is 4.36. The van der Waals surface area contributed by atoms with Crippen LogP contribution in [0.2, 0.25) is 5.02 Å². The number of hydrogen-bond donors (Lipinski definition) is 1. The second-order valence-electron chi connectivity index (χ2n) is 7.20. The van der Waals surface area contributed by atoms with Crippen molar-refractivity contribution < 1.29 is 17.7 Å². The lowest BCUT2D eigenvalue weighted by atomic mass is 9.82. The summed E-state index contributed by atoms with van der Waals surface area (Å²) in [6.07, 6.45) is 7.05. The number of ether oxygens (including phenoxy) is 1. The Balaban J connectivity index is 1.73. The minimum Gasteiger partial charge on any atom is -0.495 e. The normalized spacial score (nSPS) is 16.3. The number of nitrogens with one attached hydrogen (secondary N) is 1. The lowest BCUT2D eigenvalue weighted by Crippen LogP contribution is -2.47. The second kappa shape index (κ2) is 8.33. The highest BCUT2D eigenvalue weighted by Gasteiger charge is 2.43. The molecule has 2 heterocycles. The van der Waals surface area contributed by atoms with E-state index in [9.17, 15) is 8.42 Å². The van der Waals surface area contributed by atoms with Gasteiger partial charge >= 0.3 is 0 Å². The maximum Gasteiger partial charge on any atom is 0.248 e. The third-order valence-corrected chi connectivity index (χ3v) is 7.02. The molecule has 3 aromatic rings. The minimum atomic E-state index is -3.98. The van der Waals surface area contributed by atoms with Crippen molar-refractivity contribution in [2.45, 2.75) is 42.5 Å². The summed E-state index contributed by atoms with van der Waals surface area (Å²) in [5.74, 6) is 0.844. The van der Waals surface area contributed by atoms with E-state index in [0.717, 1.165) is 24.8 Å². The summed E-state index contributed by atoms with van der Waals surface area (Å²) in [6, 6.07) is 8.01. The predicted molar refractivity (Wildman–Crippen MR) is 111 cm³/mol. The van der Waals surface area contributed by atoms with Gasteiger partial charge in [-0.05, 0) is 43.2 Å². The summed E-state index contributed by atoms with van der Waals surface area (Å²) < 4.78 is 40.3. The van der Waals surface area contributed by atoms with E-state index in [0.29, 0.717) is 23.7 Å². The number of nitrogens with zero attached hydrogens (tertiary/aromatic N) is 3. The van der Waals surface area contributed by atoms with Gasteiger partial charge in [-0.15, -0.1) is 0 Å².